The molecule has 1 aromatic carbocycles. The lowest BCUT2D eigenvalue weighted by atomic mass is 10.1. The maximum absolute atomic E-state index is 12.6. The summed E-state index contributed by atoms with van der Waals surface area (Å²) in [6.45, 7) is 6.73. The number of hydrogen-bond acceptors (Lipinski definition) is 4. The van der Waals surface area contributed by atoms with E-state index in [-0.39, 0.29) is 6.10 Å². The maximum atomic E-state index is 12.6. The van der Waals surface area contributed by atoms with E-state index in [1.807, 2.05) is 6.92 Å². The quantitative estimate of drug-likeness (QED) is 0.246. The van der Waals surface area contributed by atoms with Crippen LogP contribution in [-0.2, 0) is 9.47 Å². The molecule has 1 aromatic rings. The van der Waals surface area contributed by atoms with Crippen LogP contribution in [-0.4, -0.2) is 24.6 Å². The average molecular weight is 391 g/mol. The van der Waals surface area contributed by atoms with Gasteiger partial charge in [0.2, 0.25) is 0 Å². The molecule has 0 radical (unpaired) electrons. The fraction of sp³-hybridized carbons (Fsp3) is 0.667. The molecule has 1 rings (SSSR count). The van der Waals surface area contributed by atoms with Crippen LogP contribution in [0.15, 0.2) is 24.3 Å². The van der Waals surface area contributed by atoms with Crippen LogP contribution in [0.4, 0.5) is 0 Å². The first kappa shape index (κ1) is 24.2. The molecule has 0 heterocycles. The van der Waals surface area contributed by atoms with Gasteiger partial charge in [0.05, 0.1) is 17.7 Å². The molecular weight excluding hydrogens is 352 g/mol. The Morgan fingerprint density at radius 3 is 1.96 bits per heavy atom. The molecular formula is C24H38O4. The predicted molar refractivity (Wildman–Crippen MR) is 114 cm³/mol. The zero-order chi connectivity index (χ0) is 20.6. The van der Waals surface area contributed by atoms with Crippen LogP contribution in [0.5, 0.6) is 0 Å². The van der Waals surface area contributed by atoms with Gasteiger partial charge in [-0.2, -0.15) is 0 Å². The molecule has 0 saturated heterocycles. The van der Waals surface area contributed by atoms with Gasteiger partial charge in [0, 0.05) is 0 Å². The average Bonchev–Trinajstić information content (AvgIpc) is 2.72. The number of unbranched alkanes of at least 4 members (excludes halogenated alkanes) is 7. The second kappa shape index (κ2) is 15.1. The zero-order valence-corrected chi connectivity index (χ0v) is 18.0. The Morgan fingerprint density at radius 2 is 1.36 bits per heavy atom. The summed E-state index contributed by atoms with van der Waals surface area (Å²) in [5.74, 6) is -0.883. The highest BCUT2D eigenvalue weighted by Gasteiger charge is 2.21. The second-order valence-corrected chi connectivity index (χ2v) is 7.38. The normalized spacial score (nSPS) is 11.8. The first-order valence-corrected chi connectivity index (χ1v) is 11.1. The Bertz CT molecular complexity index is 567. The summed E-state index contributed by atoms with van der Waals surface area (Å²) in [6.07, 6.45) is 11.8. The fourth-order valence-electron chi connectivity index (χ4n) is 3.13. The van der Waals surface area contributed by atoms with Crippen LogP contribution in [0.25, 0.3) is 0 Å². The molecule has 0 aliphatic rings. The summed E-state index contributed by atoms with van der Waals surface area (Å²) in [6, 6.07) is 6.77. The number of carbonyl (C=O) groups excluding carboxylic acids is 2. The lowest BCUT2D eigenvalue weighted by Crippen LogP contribution is -2.20. The molecule has 4 nitrogen and oxygen atoms in total. The van der Waals surface area contributed by atoms with Gasteiger partial charge in [0.25, 0.3) is 0 Å². The number of rotatable bonds is 15. The lowest BCUT2D eigenvalue weighted by Gasteiger charge is -2.17. The summed E-state index contributed by atoms with van der Waals surface area (Å²) in [4.78, 5) is 25.0. The molecule has 0 aliphatic carbocycles. The Labute approximate surface area is 171 Å². The van der Waals surface area contributed by atoms with E-state index in [1.54, 1.807) is 24.3 Å². The smallest absolute Gasteiger partial charge is 0.339 e. The molecule has 28 heavy (non-hydrogen) atoms. The van der Waals surface area contributed by atoms with Gasteiger partial charge in [0.1, 0.15) is 6.10 Å². The van der Waals surface area contributed by atoms with Gasteiger partial charge in [-0.1, -0.05) is 84.3 Å². The summed E-state index contributed by atoms with van der Waals surface area (Å²) >= 11 is 0. The highest BCUT2D eigenvalue weighted by molar-refractivity contribution is 6.03. The Morgan fingerprint density at radius 1 is 0.786 bits per heavy atom. The molecule has 158 valence electrons. The number of carbonyl (C=O) groups is 2. The molecule has 0 N–H and O–H groups in total. The highest BCUT2D eigenvalue weighted by atomic mass is 16.5. The van der Waals surface area contributed by atoms with Gasteiger partial charge in [-0.3, -0.25) is 0 Å². The summed E-state index contributed by atoms with van der Waals surface area (Å²) in [5, 5.41) is 0. The van der Waals surface area contributed by atoms with Crippen LogP contribution in [0.3, 0.4) is 0 Å². The third-order valence-corrected chi connectivity index (χ3v) is 4.96. The van der Waals surface area contributed by atoms with E-state index in [0.29, 0.717) is 17.7 Å². The Kier molecular flexibility index (Phi) is 13.1. The van der Waals surface area contributed by atoms with E-state index in [2.05, 4.69) is 13.8 Å². The largest absolute Gasteiger partial charge is 0.462 e. The molecule has 0 bridgehead atoms. The molecule has 0 aromatic heterocycles. The monoisotopic (exact) mass is 390 g/mol. The van der Waals surface area contributed by atoms with Crippen molar-refractivity contribution in [2.45, 2.75) is 97.5 Å². The lowest BCUT2D eigenvalue weighted by molar-refractivity contribution is 0.0258. The van der Waals surface area contributed by atoms with Gasteiger partial charge in [-0.25, -0.2) is 9.59 Å². The maximum Gasteiger partial charge on any atom is 0.339 e. The Balaban J connectivity index is 2.50. The first-order chi connectivity index (χ1) is 13.6. The standard InChI is InChI=1S/C24H38O4/c1-4-7-9-10-11-12-15-19-27-23(25)21-17-13-14-18-22(21)24(26)28-20(6-3)16-8-5-2/h13-14,17-18,20H,4-12,15-16,19H2,1-3H3. The number of esters is 2. The van der Waals surface area contributed by atoms with Gasteiger partial charge >= 0.3 is 11.9 Å². The molecule has 0 amide bonds. The van der Waals surface area contributed by atoms with Crippen LogP contribution >= 0.6 is 0 Å². The van der Waals surface area contributed by atoms with Crippen molar-refractivity contribution in [1.29, 1.82) is 0 Å². The van der Waals surface area contributed by atoms with Gasteiger partial charge < -0.3 is 9.47 Å². The van der Waals surface area contributed by atoms with Crippen molar-refractivity contribution in [1.82, 2.24) is 0 Å². The van der Waals surface area contributed by atoms with E-state index >= 15 is 0 Å². The predicted octanol–water partition coefficient (Wildman–Crippen LogP) is 6.72. The van der Waals surface area contributed by atoms with E-state index in [9.17, 15) is 9.59 Å². The number of hydrogen-bond donors (Lipinski definition) is 0. The zero-order valence-electron chi connectivity index (χ0n) is 18.0. The van der Waals surface area contributed by atoms with Crippen molar-refractivity contribution < 1.29 is 19.1 Å². The highest BCUT2D eigenvalue weighted by Crippen LogP contribution is 2.16. The van der Waals surface area contributed by atoms with Crippen molar-refractivity contribution in [2.75, 3.05) is 6.61 Å². The summed E-state index contributed by atoms with van der Waals surface area (Å²) < 4.78 is 11.0. The summed E-state index contributed by atoms with van der Waals surface area (Å²) in [5.41, 5.74) is 0.586. The van der Waals surface area contributed by atoms with Crippen molar-refractivity contribution >= 4 is 11.9 Å². The van der Waals surface area contributed by atoms with Gasteiger partial charge in [0.15, 0.2) is 0 Å². The van der Waals surface area contributed by atoms with Crippen LogP contribution < -0.4 is 0 Å². The summed E-state index contributed by atoms with van der Waals surface area (Å²) in [7, 11) is 0. The SMILES string of the molecule is CCCCCCCCCOC(=O)c1ccccc1C(=O)OC(CC)CCCC. The van der Waals surface area contributed by atoms with E-state index in [4.69, 9.17) is 9.47 Å². The van der Waals surface area contributed by atoms with Crippen LogP contribution in [0, 0.1) is 0 Å². The molecule has 1 unspecified atom stereocenters. The van der Waals surface area contributed by atoms with Crippen LogP contribution in [0.2, 0.25) is 0 Å². The molecule has 4 heteroatoms. The van der Waals surface area contributed by atoms with E-state index < -0.39 is 11.9 Å². The van der Waals surface area contributed by atoms with Gasteiger partial charge in [-0.05, 0) is 31.4 Å². The van der Waals surface area contributed by atoms with E-state index in [0.717, 1.165) is 38.5 Å². The molecule has 1 atom stereocenters. The van der Waals surface area contributed by atoms with Crippen LogP contribution in [0.1, 0.15) is 112 Å². The number of ether oxygens (including phenoxy) is 2. The van der Waals surface area contributed by atoms with Crippen molar-refractivity contribution in [3.05, 3.63) is 35.4 Å². The van der Waals surface area contributed by atoms with Crippen molar-refractivity contribution in [3.63, 3.8) is 0 Å². The topological polar surface area (TPSA) is 52.6 Å². The molecule has 0 fully saturated rings. The van der Waals surface area contributed by atoms with Crippen molar-refractivity contribution in [2.24, 2.45) is 0 Å². The minimum atomic E-state index is -0.444. The minimum absolute atomic E-state index is 0.107. The third-order valence-electron chi connectivity index (χ3n) is 4.96. The van der Waals surface area contributed by atoms with E-state index in [1.165, 1.54) is 32.1 Å². The number of benzene rings is 1. The third kappa shape index (κ3) is 9.38. The minimum Gasteiger partial charge on any atom is -0.462 e. The first-order valence-electron chi connectivity index (χ1n) is 11.1. The Hall–Kier alpha value is -1.84. The second-order valence-electron chi connectivity index (χ2n) is 7.38. The molecule has 0 saturated carbocycles. The molecule has 0 spiro atoms. The molecule has 0 aliphatic heterocycles. The van der Waals surface area contributed by atoms with Gasteiger partial charge in [-0.15, -0.1) is 0 Å². The fourth-order valence-corrected chi connectivity index (χ4v) is 3.13. The van der Waals surface area contributed by atoms with Crippen molar-refractivity contribution in [3.8, 4) is 0 Å².